The second-order valence-electron chi connectivity index (χ2n) is 6.31. The molecule has 0 atom stereocenters. The number of nitrogens with one attached hydrogen (secondary N) is 2. The highest BCUT2D eigenvalue weighted by Crippen LogP contribution is 2.47. The quantitative estimate of drug-likeness (QED) is 0.388. The molecule has 0 unspecified atom stereocenters. The summed E-state index contributed by atoms with van der Waals surface area (Å²) in [7, 11) is 1.61. The van der Waals surface area contributed by atoms with E-state index in [1.165, 1.54) is 6.07 Å². The number of hydrogen-bond donors (Lipinski definition) is 2. The van der Waals surface area contributed by atoms with Gasteiger partial charge < -0.3 is 10.6 Å². The van der Waals surface area contributed by atoms with Crippen LogP contribution in [0.15, 0.2) is 47.5 Å². The van der Waals surface area contributed by atoms with Crippen LogP contribution in [0.1, 0.15) is 24.0 Å². The number of hydrogen-bond acceptors (Lipinski definition) is 1. The van der Waals surface area contributed by atoms with Gasteiger partial charge in [0, 0.05) is 31.1 Å². The van der Waals surface area contributed by atoms with Crippen LogP contribution in [0.5, 0.6) is 0 Å². The SMILES string of the molecule is CN=C(NCc1cc(F)ccc1F)NCC1(c2cccc(F)c2)CC1.I. The molecule has 3 nitrogen and oxygen atoms in total. The van der Waals surface area contributed by atoms with Gasteiger partial charge in [-0.05, 0) is 48.7 Å². The van der Waals surface area contributed by atoms with Gasteiger partial charge in [-0.15, -0.1) is 24.0 Å². The van der Waals surface area contributed by atoms with Gasteiger partial charge in [0.1, 0.15) is 17.5 Å². The van der Waals surface area contributed by atoms with E-state index in [2.05, 4.69) is 15.6 Å². The minimum atomic E-state index is -0.482. The monoisotopic (exact) mass is 475 g/mol. The van der Waals surface area contributed by atoms with Crippen LogP contribution >= 0.6 is 24.0 Å². The van der Waals surface area contributed by atoms with Crippen LogP contribution in [0.3, 0.4) is 0 Å². The molecule has 2 aromatic carbocycles. The standard InChI is InChI=1S/C19H20F3N3.HI/c1-23-18(24-11-13-9-16(21)5-6-17(13)22)25-12-19(7-8-19)14-3-2-4-15(20)10-14;/h2-6,9-10H,7-8,11-12H2,1H3,(H2,23,24,25);1H. The van der Waals surface area contributed by atoms with Crippen molar-refractivity contribution in [2.45, 2.75) is 24.8 Å². The van der Waals surface area contributed by atoms with Gasteiger partial charge in [0.05, 0.1) is 0 Å². The lowest BCUT2D eigenvalue weighted by molar-refractivity contribution is 0.579. The molecule has 0 aromatic heterocycles. The summed E-state index contributed by atoms with van der Waals surface area (Å²) in [5, 5.41) is 6.17. The fourth-order valence-electron chi connectivity index (χ4n) is 2.87. The second-order valence-corrected chi connectivity index (χ2v) is 6.31. The van der Waals surface area contributed by atoms with Gasteiger partial charge >= 0.3 is 0 Å². The van der Waals surface area contributed by atoms with Gasteiger partial charge in [0.2, 0.25) is 0 Å². The number of nitrogens with zero attached hydrogens (tertiary/aromatic N) is 1. The van der Waals surface area contributed by atoms with Crippen molar-refractivity contribution in [2.24, 2.45) is 4.99 Å². The number of halogens is 4. The maximum absolute atomic E-state index is 13.7. The van der Waals surface area contributed by atoms with E-state index in [9.17, 15) is 13.2 Å². The van der Waals surface area contributed by atoms with Crippen molar-refractivity contribution in [3.05, 3.63) is 71.0 Å². The van der Waals surface area contributed by atoms with Crippen molar-refractivity contribution < 1.29 is 13.2 Å². The van der Waals surface area contributed by atoms with Crippen LogP contribution in [0, 0.1) is 17.5 Å². The van der Waals surface area contributed by atoms with Crippen molar-refractivity contribution in [3.63, 3.8) is 0 Å². The summed E-state index contributed by atoms with van der Waals surface area (Å²) < 4.78 is 40.3. The highest BCUT2D eigenvalue weighted by Gasteiger charge is 2.44. The smallest absolute Gasteiger partial charge is 0.191 e. The highest BCUT2D eigenvalue weighted by molar-refractivity contribution is 14.0. The Kier molecular flexibility index (Phi) is 6.91. The average Bonchev–Trinajstić information content (AvgIpc) is 3.39. The van der Waals surface area contributed by atoms with Crippen LogP contribution in [0.4, 0.5) is 13.2 Å². The van der Waals surface area contributed by atoms with Gasteiger partial charge in [0.25, 0.3) is 0 Å². The lowest BCUT2D eigenvalue weighted by Gasteiger charge is -2.19. The summed E-state index contributed by atoms with van der Waals surface area (Å²) in [6.07, 6.45) is 1.94. The lowest BCUT2D eigenvalue weighted by Crippen LogP contribution is -2.41. The molecule has 0 saturated heterocycles. The second kappa shape index (κ2) is 8.75. The van der Waals surface area contributed by atoms with Gasteiger partial charge in [-0.2, -0.15) is 0 Å². The zero-order valence-corrected chi connectivity index (χ0v) is 16.7. The zero-order chi connectivity index (χ0) is 17.9. The average molecular weight is 475 g/mol. The van der Waals surface area contributed by atoms with Gasteiger partial charge in [-0.1, -0.05) is 12.1 Å². The molecule has 1 fully saturated rings. The molecule has 0 aliphatic heterocycles. The van der Waals surface area contributed by atoms with Crippen LogP contribution < -0.4 is 10.6 Å². The minimum absolute atomic E-state index is 0. The molecule has 26 heavy (non-hydrogen) atoms. The molecule has 2 N–H and O–H groups in total. The Morgan fingerprint density at radius 1 is 1.04 bits per heavy atom. The number of benzene rings is 2. The molecule has 3 rings (SSSR count). The van der Waals surface area contributed by atoms with E-state index in [0.717, 1.165) is 36.6 Å². The first-order valence-corrected chi connectivity index (χ1v) is 8.17. The summed E-state index contributed by atoms with van der Waals surface area (Å²) in [5.74, 6) is -0.703. The topological polar surface area (TPSA) is 36.4 Å². The Bertz CT molecular complexity index is 791. The van der Waals surface area contributed by atoms with Crippen molar-refractivity contribution in [1.82, 2.24) is 10.6 Å². The first kappa shape index (κ1) is 20.5. The fourth-order valence-corrected chi connectivity index (χ4v) is 2.87. The molecular formula is C19H21F3IN3. The van der Waals surface area contributed by atoms with Crippen molar-refractivity contribution in [2.75, 3.05) is 13.6 Å². The number of guanidine groups is 1. The van der Waals surface area contributed by atoms with E-state index in [0.29, 0.717) is 12.5 Å². The largest absolute Gasteiger partial charge is 0.356 e. The molecule has 1 saturated carbocycles. The zero-order valence-electron chi connectivity index (χ0n) is 14.4. The molecule has 7 heteroatoms. The van der Waals surface area contributed by atoms with E-state index in [-0.39, 0.29) is 47.3 Å². The maximum Gasteiger partial charge on any atom is 0.191 e. The first-order valence-electron chi connectivity index (χ1n) is 8.17. The lowest BCUT2D eigenvalue weighted by atomic mass is 9.96. The van der Waals surface area contributed by atoms with Gasteiger partial charge in [0.15, 0.2) is 5.96 Å². The van der Waals surface area contributed by atoms with Crippen LogP contribution in [0.2, 0.25) is 0 Å². The predicted octanol–water partition coefficient (Wildman–Crippen LogP) is 4.12. The molecular weight excluding hydrogens is 454 g/mol. The minimum Gasteiger partial charge on any atom is -0.356 e. The third-order valence-electron chi connectivity index (χ3n) is 4.56. The Morgan fingerprint density at radius 3 is 2.42 bits per heavy atom. The van der Waals surface area contributed by atoms with Crippen molar-refractivity contribution >= 4 is 29.9 Å². The Balaban J connectivity index is 0.00000243. The summed E-state index contributed by atoms with van der Waals surface area (Å²) in [4.78, 5) is 4.10. The molecule has 0 spiro atoms. The van der Waals surface area contributed by atoms with E-state index in [4.69, 9.17) is 0 Å². The van der Waals surface area contributed by atoms with Crippen molar-refractivity contribution in [3.8, 4) is 0 Å². The summed E-state index contributed by atoms with van der Waals surface area (Å²) >= 11 is 0. The van der Waals surface area contributed by atoms with E-state index < -0.39 is 11.6 Å². The predicted molar refractivity (Wildman–Crippen MR) is 107 cm³/mol. The van der Waals surface area contributed by atoms with Gasteiger partial charge in [-0.25, -0.2) is 13.2 Å². The summed E-state index contributed by atoms with van der Waals surface area (Å²) in [5.41, 5.74) is 1.10. The maximum atomic E-state index is 13.7. The molecule has 0 heterocycles. The summed E-state index contributed by atoms with van der Waals surface area (Å²) in [6.45, 7) is 0.720. The van der Waals surface area contributed by atoms with Crippen LogP contribution in [0.25, 0.3) is 0 Å². The molecule has 0 radical (unpaired) electrons. The molecule has 140 valence electrons. The van der Waals surface area contributed by atoms with Crippen LogP contribution in [-0.4, -0.2) is 19.6 Å². The molecule has 1 aliphatic carbocycles. The third kappa shape index (κ3) is 4.90. The van der Waals surface area contributed by atoms with E-state index in [1.807, 2.05) is 6.07 Å². The molecule has 0 amide bonds. The third-order valence-corrected chi connectivity index (χ3v) is 4.56. The van der Waals surface area contributed by atoms with Gasteiger partial charge in [-0.3, -0.25) is 4.99 Å². The van der Waals surface area contributed by atoms with E-state index in [1.54, 1.807) is 19.2 Å². The van der Waals surface area contributed by atoms with E-state index >= 15 is 0 Å². The Morgan fingerprint density at radius 2 is 1.77 bits per heavy atom. The molecule has 1 aliphatic rings. The number of rotatable bonds is 5. The Labute approximate surface area is 168 Å². The highest BCUT2D eigenvalue weighted by atomic mass is 127. The summed E-state index contributed by atoms with van der Waals surface area (Å²) in [6, 6.07) is 9.98. The fraction of sp³-hybridized carbons (Fsp3) is 0.316. The Hall–Kier alpha value is -1.77. The normalized spacial score (nSPS) is 15.2. The first-order chi connectivity index (χ1) is 12.0. The number of aliphatic imine (C=N–C) groups is 1. The van der Waals surface area contributed by atoms with Crippen molar-refractivity contribution in [1.29, 1.82) is 0 Å². The molecule has 0 bridgehead atoms. The van der Waals surface area contributed by atoms with Crippen LogP contribution in [-0.2, 0) is 12.0 Å². The molecule has 2 aromatic rings.